The molecule has 1 aliphatic rings. The summed E-state index contributed by atoms with van der Waals surface area (Å²) >= 11 is 0. The van der Waals surface area contributed by atoms with E-state index in [0.717, 1.165) is 0 Å². The number of benzene rings is 1. The normalized spacial score (nSPS) is 16.9. The molecule has 1 aromatic rings. The van der Waals surface area contributed by atoms with Crippen LogP contribution in [0.1, 0.15) is 5.56 Å². The smallest absolute Gasteiger partial charge is 0.0819 e. The molecule has 0 spiro atoms. The van der Waals surface area contributed by atoms with Crippen molar-refractivity contribution in [2.24, 2.45) is 0 Å². The minimum absolute atomic E-state index is 0.657. The highest BCUT2D eigenvalue weighted by atomic mass is 28.4. The average Bonchev–Trinajstić information content (AvgIpc) is 2.90. The second-order valence-corrected chi connectivity index (χ2v) is 17.4. The summed E-state index contributed by atoms with van der Waals surface area (Å²) in [5.41, 5.74) is 2.01. The molecule has 0 nitrogen and oxygen atoms in total. The van der Waals surface area contributed by atoms with Crippen LogP contribution >= 0.6 is 0 Å². The maximum absolute atomic E-state index is 2.53. The maximum Gasteiger partial charge on any atom is 0.0819 e. The minimum atomic E-state index is -1.47. The highest BCUT2D eigenvalue weighted by Gasteiger charge is 2.39. The standard InChI is InChI=1S/C18H26Si2/c1-19(2,3)18(15-16-11-7-6-8-12-16)20(4,5)17-13-9-10-14-17/h6-15,17H,1-5H3/b18-15+. The first-order valence-electron chi connectivity index (χ1n) is 7.44. The van der Waals surface area contributed by atoms with Crippen molar-refractivity contribution >= 4 is 22.2 Å². The average molecular weight is 299 g/mol. The van der Waals surface area contributed by atoms with E-state index in [9.17, 15) is 0 Å². The lowest BCUT2D eigenvalue weighted by Crippen LogP contribution is -2.44. The van der Waals surface area contributed by atoms with Gasteiger partial charge in [0.1, 0.15) is 0 Å². The number of hydrogen-bond acceptors (Lipinski definition) is 0. The van der Waals surface area contributed by atoms with E-state index < -0.39 is 16.1 Å². The summed E-state index contributed by atoms with van der Waals surface area (Å²) in [6.07, 6.45) is 11.7. The van der Waals surface area contributed by atoms with Gasteiger partial charge in [-0.3, -0.25) is 0 Å². The molecule has 0 unspecified atom stereocenters. The van der Waals surface area contributed by atoms with Gasteiger partial charge in [0.2, 0.25) is 0 Å². The summed E-state index contributed by atoms with van der Waals surface area (Å²) in [6, 6.07) is 10.8. The predicted molar refractivity (Wildman–Crippen MR) is 97.3 cm³/mol. The van der Waals surface area contributed by atoms with Gasteiger partial charge in [0.25, 0.3) is 0 Å². The van der Waals surface area contributed by atoms with Crippen molar-refractivity contribution in [2.75, 3.05) is 0 Å². The Hall–Kier alpha value is -1.13. The molecule has 2 heteroatoms. The Morgan fingerprint density at radius 2 is 1.45 bits per heavy atom. The first kappa shape index (κ1) is 15.3. The molecular weight excluding hydrogens is 272 g/mol. The van der Waals surface area contributed by atoms with Crippen LogP contribution in [-0.2, 0) is 0 Å². The molecule has 0 saturated carbocycles. The van der Waals surface area contributed by atoms with Gasteiger partial charge in [-0.2, -0.15) is 0 Å². The lowest BCUT2D eigenvalue weighted by Gasteiger charge is -2.37. The van der Waals surface area contributed by atoms with Crippen molar-refractivity contribution in [3.05, 3.63) is 65.0 Å². The van der Waals surface area contributed by atoms with E-state index in [1.807, 2.05) is 0 Å². The van der Waals surface area contributed by atoms with Gasteiger partial charge in [0.05, 0.1) is 16.1 Å². The highest BCUT2D eigenvalue weighted by molar-refractivity contribution is 7.06. The van der Waals surface area contributed by atoms with Crippen LogP contribution in [0.2, 0.25) is 38.3 Å². The number of allylic oxidation sites excluding steroid dienone is 4. The first-order chi connectivity index (χ1) is 9.32. The van der Waals surface area contributed by atoms with Crippen LogP contribution in [0, 0.1) is 0 Å². The number of hydrogen-bond donors (Lipinski definition) is 0. The summed E-state index contributed by atoms with van der Waals surface area (Å²) in [4.78, 5) is 1.78. The van der Waals surface area contributed by atoms with Crippen molar-refractivity contribution in [1.29, 1.82) is 0 Å². The van der Waals surface area contributed by atoms with E-state index in [2.05, 4.69) is 93.4 Å². The molecule has 1 aromatic carbocycles. The summed E-state index contributed by atoms with van der Waals surface area (Å²) in [5, 5.41) is 0. The highest BCUT2D eigenvalue weighted by Crippen LogP contribution is 2.38. The Morgan fingerprint density at radius 3 is 1.95 bits per heavy atom. The third-order valence-corrected chi connectivity index (χ3v) is 13.7. The van der Waals surface area contributed by atoms with Gasteiger partial charge >= 0.3 is 0 Å². The van der Waals surface area contributed by atoms with Crippen molar-refractivity contribution in [1.82, 2.24) is 0 Å². The van der Waals surface area contributed by atoms with Gasteiger partial charge in [-0.25, -0.2) is 0 Å². The quantitative estimate of drug-likeness (QED) is 0.626. The molecule has 2 rings (SSSR count). The topological polar surface area (TPSA) is 0 Å². The fourth-order valence-corrected chi connectivity index (χ4v) is 14.1. The summed E-state index contributed by atoms with van der Waals surface area (Å²) in [6.45, 7) is 12.5. The van der Waals surface area contributed by atoms with Gasteiger partial charge in [0, 0.05) is 0 Å². The zero-order valence-corrected chi connectivity index (χ0v) is 15.4. The molecule has 0 amide bonds. The molecule has 106 valence electrons. The van der Waals surface area contributed by atoms with Gasteiger partial charge in [-0.15, -0.1) is 0 Å². The minimum Gasteiger partial charge on any atom is -0.0895 e. The zero-order chi connectivity index (χ0) is 14.8. The molecule has 0 bridgehead atoms. The lowest BCUT2D eigenvalue weighted by atomic mass is 10.2. The third kappa shape index (κ3) is 3.30. The third-order valence-electron chi connectivity index (χ3n) is 4.19. The molecule has 0 heterocycles. The molecule has 0 fully saturated rings. The molecule has 1 aliphatic carbocycles. The maximum atomic E-state index is 2.53. The van der Waals surface area contributed by atoms with Gasteiger partial charge < -0.3 is 0 Å². The summed E-state index contributed by atoms with van der Waals surface area (Å²) < 4.78 is 0. The summed E-state index contributed by atoms with van der Waals surface area (Å²) in [7, 11) is -2.79. The van der Waals surface area contributed by atoms with E-state index in [0.29, 0.717) is 5.54 Å². The largest absolute Gasteiger partial charge is 0.0895 e. The van der Waals surface area contributed by atoms with E-state index in [1.54, 1.807) is 4.82 Å². The van der Waals surface area contributed by atoms with Crippen molar-refractivity contribution in [3.63, 3.8) is 0 Å². The molecule has 0 aromatic heterocycles. The van der Waals surface area contributed by atoms with E-state index in [4.69, 9.17) is 0 Å². The van der Waals surface area contributed by atoms with Crippen LogP contribution in [-0.4, -0.2) is 16.1 Å². The second-order valence-electron chi connectivity index (χ2n) is 7.24. The Labute approximate surface area is 125 Å². The molecule has 0 saturated heterocycles. The molecule has 20 heavy (non-hydrogen) atoms. The van der Waals surface area contributed by atoms with Gasteiger partial charge in [-0.1, -0.05) is 98.3 Å². The van der Waals surface area contributed by atoms with Crippen LogP contribution in [0.3, 0.4) is 0 Å². The molecular formula is C18H26Si2. The molecule has 0 N–H and O–H groups in total. The van der Waals surface area contributed by atoms with E-state index in [-0.39, 0.29) is 0 Å². The Kier molecular flexibility index (Phi) is 4.35. The molecule has 0 radical (unpaired) electrons. The zero-order valence-electron chi connectivity index (χ0n) is 13.4. The fraction of sp³-hybridized carbons (Fsp3) is 0.333. The van der Waals surface area contributed by atoms with Crippen LogP contribution < -0.4 is 0 Å². The Bertz CT molecular complexity index is 531. The van der Waals surface area contributed by atoms with Crippen LogP contribution in [0.5, 0.6) is 0 Å². The van der Waals surface area contributed by atoms with Crippen molar-refractivity contribution in [2.45, 2.75) is 38.3 Å². The monoisotopic (exact) mass is 298 g/mol. The van der Waals surface area contributed by atoms with Crippen LogP contribution in [0.15, 0.2) is 59.5 Å². The second kappa shape index (κ2) is 5.70. The predicted octanol–water partition coefficient (Wildman–Crippen LogP) is 5.69. The van der Waals surface area contributed by atoms with Crippen LogP contribution in [0.4, 0.5) is 0 Å². The summed E-state index contributed by atoms with van der Waals surface area (Å²) in [5.74, 6) is 0. The lowest BCUT2D eigenvalue weighted by molar-refractivity contribution is 1.30. The molecule has 0 atom stereocenters. The van der Waals surface area contributed by atoms with E-state index >= 15 is 0 Å². The fourth-order valence-electron chi connectivity index (χ4n) is 3.18. The Balaban J connectivity index is 2.46. The van der Waals surface area contributed by atoms with E-state index in [1.165, 1.54) is 5.56 Å². The van der Waals surface area contributed by atoms with Crippen molar-refractivity contribution < 1.29 is 0 Å². The van der Waals surface area contributed by atoms with Gasteiger partial charge in [-0.05, 0) is 11.1 Å². The molecule has 0 aliphatic heterocycles. The van der Waals surface area contributed by atoms with Crippen LogP contribution in [0.25, 0.3) is 6.08 Å². The Morgan fingerprint density at radius 1 is 0.900 bits per heavy atom. The van der Waals surface area contributed by atoms with Gasteiger partial charge in [0.15, 0.2) is 0 Å². The van der Waals surface area contributed by atoms with Crippen molar-refractivity contribution in [3.8, 4) is 0 Å². The first-order valence-corrected chi connectivity index (χ1v) is 14.0. The number of rotatable bonds is 4. The SMILES string of the molecule is C[Si](C)(C)/C(=C\c1ccccc1)[Si](C)(C)C1C=CC=C1.